The number of nitrogens with zero attached hydrogens (tertiary/aromatic N) is 1. The lowest BCUT2D eigenvalue weighted by Crippen LogP contribution is -2.27. The number of ether oxygens (including phenoxy) is 2. The molecule has 2 rings (SSSR count). The van der Waals surface area contributed by atoms with Crippen LogP contribution in [0.15, 0.2) is 18.2 Å². The predicted molar refractivity (Wildman–Crippen MR) is 72.8 cm³/mol. The highest BCUT2D eigenvalue weighted by molar-refractivity contribution is 9.08. The summed E-state index contributed by atoms with van der Waals surface area (Å²) in [6.07, 6.45) is 0.117. The van der Waals surface area contributed by atoms with Crippen molar-refractivity contribution in [3.05, 3.63) is 29.6 Å². The van der Waals surface area contributed by atoms with Crippen molar-refractivity contribution in [1.29, 1.82) is 0 Å². The molecule has 0 aliphatic carbocycles. The second-order valence-corrected chi connectivity index (χ2v) is 4.92. The van der Waals surface area contributed by atoms with E-state index in [0.717, 1.165) is 24.3 Å². The lowest BCUT2D eigenvalue weighted by Gasteiger charge is -2.21. The van der Waals surface area contributed by atoms with Gasteiger partial charge in [-0.1, -0.05) is 15.9 Å². The minimum absolute atomic E-state index is 0.0585. The van der Waals surface area contributed by atoms with Gasteiger partial charge in [0, 0.05) is 38.3 Å². The summed E-state index contributed by atoms with van der Waals surface area (Å²) in [5.41, 5.74) is 1.98. The maximum atomic E-state index is 13.2. The highest BCUT2D eigenvalue weighted by Gasteiger charge is 2.33. The molecule has 0 saturated carbocycles. The fraction of sp³-hybridized carbons (Fsp3) is 0.538. The second kappa shape index (κ2) is 5.99. The second-order valence-electron chi connectivity index (χ2n) is 4.36. The van der Waals surface area contributed by atoms with Crippen molar-refractivity contribution in [2.75, 3.05) is 32.2 Å². The van der Waals surface area contributed by atoms with Crippen LogP contribution < -0.4 is 4.90 Å². The standard InChI is InChI=1S/C13H17BrFNO2/c1-17-12-7-16(8-13(12)18-2)11-4-3-10(15)5-9(11)6-14/h3-5,12-13H,6-8H2,1-2H3. The number of alkyl halides is 1. The van der Waals surface area contributed by atoms with Gasteiger partial charge in [-0.15, -0.1) is 0 Å². The van der Waals surface area contributed by atoms with Gasteiger partial charge in [-0.2, -0.15) is 0 Å². The molecule has 5 heteroatoms. The number of anilines is 1. The molecular weight excluding hydrogens is 301 g/mol. The molecule has 0 spiro atoms. The molecule has 1 aliphatic heterocycles. The topological polar surface area (TPSA) is 21.7 Å². The molecule has 100 valence electrons. The third kappa shape index (κ3) is 2.68. The number of halogens is 2. The van der Waals surface area contributed by atoms with Gasteiger partial charge in [0.05, 0.1) is 0 Å². The molecule has 1 aromatic rings. The van der Waals surface area contributed by atoms with Crippen molar-refractivity contribution in [3.63, 3.8) is 0 Å². The maximum Gasteiger partial charge on any atom is 0.123 e. The molecule has 2 atom stereocenters. The monoisotopic (exact) mass is 317 g/mol. The first-order chi connectivity index (χ1) is 8.69. The van der Waals surface area contributed by atoms with E-state index in [1.54, 1.807) is 20.3 Å². The molecule has 18 heavy (non-hydrogen) atoms. The fourth-order valence-electron chi connectivity index (χ4n) is 2.36. The number of hydrogen-bond donors (Lipinski definition) is 0. The van der Waals surface area contributed by atoms with Crippen molar-refractivity contribution in [1.82, 2.24) is 0 Å². The Kier molecular flexibility index (Phi) is 4.59. The average molecular weight is 318 g/mol. The summed E-state index contributed by atoms with van der Waals surface area (Å²) in [5.74, 6) is -0.209. The zero-order chi connectivity index (χ0) is 13.1. The highest BCUT2D eigenvalue weighted by Crippen LogP contribution is 2.28. The van der Waals surface area contributed by atoms with Crippen LogP contribution in [0.3, 0.4) is 0 Å². The van der Waals surface area contributed by atoms with E-state index in [1.165, 1.54) is 6.07 Å². The first kappa shape index (κ1) is 13.8. The van der Waals surface area contributed by atoms with Crippen LogP contribution in [0.4, 0.5) is 10.1 Å². The van der Waals surface area contributed by atoms with E-state index in [9.17, 15) is 4.39 Å². The van der Waals surface area contributed by atoms with E-state index in [4.69, 9.17) is 9.47 Å². The van der Waals surface area contributed by atoms with Gasteiger partial charge >= 0.3 is 0 Å². The van der Waals surface area contributed by atoms with Crippen molar-refractivity contribution in [2.45, 2.75) is 17.5 Å². The first-order valence-electron chi connectivity index (χ1n) is 5.84. The number of benzene rings is 1. The fourth-order valence-corrected chi connectivity index (χ4v) is 2.81. The maximum absolute atomic E-state index is 13.2. The van der Waals surface area contributed by atoms with E-state index in [2.05, 4.69) is 20.8 Å². The zero-order valence-electron chi connectivity index (χ0n) is 10.5. The van der Waals surface area contributed by atoms with E-state index in [0.29, 0.717) is 5.33 Å². The first-order valence-corrected chi connectivity index (χ1v) is 6.96. The average Bonchev–Trinajstić information content (AvgIpc) is 2.81. The van der Waals surface area contributed by atoms with E-state index < -0.39 is 0 Å². The molecule has 3 nitrogen and oxygen atoms in total. The lowest BCUT2D eigenvalue weighted by atomic mass is 10.2. The van der Waals surface area contributed by atoms with Crippen LogP contribution in [0.2, 0.25) is 0 Å². The van der Waals surface area contributed by atoms with Gasteiger partial charge in [0.2, 0.25) is 0 Å². The Hall–Kier alpha value is -0.650. The molecule has 1 saturated heterocycles. The predicted octanol–water partition coefficient (Wildman–Crippen LogP) is 2.57. The SMILES string of the molecule is COC1CN(c2ccc(F)cc2CBr)CC1OC. The third-order valence-electron chi connectivity index (χ3n) is 3.35. The van der Waals surface area contributed by atoms with Gasteiger partial charge in [0.25, 0.3) is 0 Å². The van der Waals surface area contributed by atoms with Crippen LogP contribution in [0, 0.1) is 5.82 Å². The number of hydrogen-bond acceptors (Lipinski definition) is 3. The minimum atomic E-state index is -0.209. The molecule has 1 aromatic carbocycles. The summed E-state index contributed by atoms with van der Waals surface area (Å²) in [5, 5.41) is 0.631. The van der Waals surface area contributed by atoms with Crippen LogP contribution in [0.1, 0.15) is 5.56 Å². The Balaban J connectivity index is 2.22. The van der Waals surface area contributed by atoms with Crippen molar-refractivity contribution >= 4 is 21.6 Å². The molecule has 1 fully saturated rings. The van der Waals surface area contributed by atoms with Crippen LogP contribution in [-0.2, 0) is 14.8 Å². The van der Waals surface area contributed by atoms with Crippen molar-refractivity contribution < 1.29 is 13.9 Å². The number of methoxy groups -OCH3 is 2. The molecule has 1 aliphatic rings. The Morgan fingerprint density at radius 2 is 1.89 bits per heavy atom. The number of rotatable bonds is 4. The van der Waals surface area contributed by atoms with Gasteiger partial charge in [0.15, 0.2) is 0 Å². The normalized spacial score (nSPS) is 23.7. The van der Waals surface area contributed by atoms with E-state index >= 15 is 0 Å². The van der Waals surface area contributed by atoms with Crippen LogP contribution in [0.5, 0.6) is 0 Å². The quantitative estimate of drug-likeness (QED) is 0.797. The minimum Gasteiger partial charge on any atom is -0.377 e. The van der Waals surface area contributed by atoms with Gasteiger partial charge in [-0.25, -0.2) is 4.39 Å². The van der Waals surface area contributed by atoms with E-state index in [1.807, 2.05) is 6.07 Å². The summed E-state index contributed by atoms with van der Waals surface area (Å²) < 4.78 is 24.0. The summed E-state index contributed by atoms with van der Waals surface area (Å²) in [4.78, 5) is 2.18. The summed E-state index contributed by atoms with van der Waals surface area (Å²) in [7, 11) is 3.38. The Morgan fingerprint density at radius 1 is 1.28 bits per heavy atom. The van der Waals surface area contributed by atoms with Gasteiger partial charge < -0.3 is 14.4 Å². The van der Waals surface area contributed by atoms with Gasteiger partial charge in [0.1, 0.15) is 18.0 Å². The molecule has 2 unspecified atom stereocenters. The smallest absolute Gasteiger partial charge is 0.123 e. The summed E-state index contributed by atoms with van der Waals surface area (Å²) in [6, 6.07) is 4.87. The van der Waals surface area contributed by atoms with Crippen molar-refractivity contribution in [3.8, 4) is 0 Å². The van der Waals surface area contributed by atoms with Gasteiger partial charge in [-0.05, 0) is 23.8 Å². The molecule has 0 bridgehead atoms. The van der Waals surface area contributed by atoms with E-state index in [-0.39, 0.29) is 18.0 Å². The summed E-state index contributed by atoms with van der Waals surface area (Å²) >= 11 is 3.40. The summed E-state index contributed by atoms with van der Waals surface area (Å²) in [6.45, 7) is 1.53. The molecule has 0 aromatic heterocycles. The highest BCUT2D eigenvalue weighted by atomic mass is 79.9. The third-order valence-corrected chi connectivity index (χ3v) is 3.95. The van der Waals surface area contributed by atoms with Gasteiger partial charge in [-0.3, -0.25) is 0 Å². The van der Waals surface area contributed by atoms with Crippen LogP contribution in [-0.4, -0.2) is 39.5 Å². The molecule has 1 heterocycles. The van der Waals surface area contributed by atoms with Crippen molar-refractivity contribution in [2.24, 2.45) is 0 Å². The Morgan fingerprint density at radius 3 is 2.39 bits per heavy atom. The van der Waals surface area contributed by atoms with Crippen LogP contribution in [0.25, 0.3) is 0 Å². The lowest BCUT2D eigenvalue weighted by molar-refractivity contribution is -0.00461. The molecule has 0 N–H and O–H groups in total. The molecule has 0 amide bonds. The molecular formula is C13H17BrFNO2. The Labute approximate surface area is 115 Å². The zero-order valence-corrected chi connectivity index (χ0v) is 12.1. The molecule has 0 radical (unpaired) electrons. The largest absolute Gasteiger partial charge is 0.377 e. The van der Waals surface area contributed by atoms with Crippen LogP contribution >= 0.6 is 15.9 Å². The Bertz CT molecular complexity index is 404.